The second-order valence-electron chi connectivity index (χ2n) is 4.19. The predicted octanol–water partition coefficient (Wildman–Crippen LogP) is 3.56. The van der Waals surface area contributed by atoms with Crippen LogP contribution in [0.25, 0.3) is 0 Å². The standard InChI is InChI=1S/C15H17FN2O2/c1-3-20-13-7-10(17)6-11(8-13)18-15-9-12(19-2)4-5-14(15)16/h4-9,18H,3,17H2,1-2H3. The highest BCUT2D eigenvalue weighted by atomic mass is 19.1. The molecule has 0 radical (unpaired) electrons. The lowest BCUT2D eigenvalue weighted by Gasteiger charge is -2.12. The maximum atomic E-state index is 13.8. The highest BCUT2D eigenvalue weighted by Gasteiger charge is 2.06. The van der Waals surface area contributed by atoms with E-state index in [9.17, 15) is 4.39 Å². The fourth-order valence-electron chi connectivity index (χ4n) is 1.83. The van der Waals surface area contributed by atoms with E-state index in [1.807, 2.05) is 6.92 Å². The van der Waals surface area contributed by atoms with Gasteiger partial charge in [-0.05, 0) is 25.1 Å². The molecule has 5 heteroatoms. The second kappa shape index (κ2) is 6.14. The summed E-state index contributed by atoms with van der Waals surface area (Å²) in [7, 11) is 1.53. The van der Waals surface area contributed by atoms with Crippen LogP contribution in [0.3, 0.4) is 0 Å². The average Bonchev–Trinajstić information content (AvgIpc) is 2.41. The van der Waals surface area contributed by atoms with Gasteiger partial charge in [-0.25, -0.2) is 4.39 Å². The monoisotopic (exact) mass is 276 g/mol. The highest BCUT2D eigenvalue weighted by Crippen LogP contribution is 2.28. The lowest BCUT2D eigenvalue weighted by Crippen LogP contribution is -1.98. The molecule has 0 amide bonds. The molecular weight excluding hydrogens is 259 g/mol. The van der Waals surface area contributed by atoms with E-state index in [2.05, 4.69) is 5.32 Å². The Hall–Kier alpha value is -2.43. The molecule has 0 fully saturated rings. The predicted molar refractivity (Wildman–Crippen MR) is 78.3 cm³/mol. The first-order valence-electron chi connectivity index (χ1n) is 6.26. The number of benzene rings is 2. The first-order valence-corrected chi connectivity index (χ1v) is 6.26. The lowest BCUT2D eigenvalue weighted by atomic mass is 10.2. The molecule has 0 bridgehead atoms. The summed E-state index contributed by atoms with van der Waals surface area (Å²) in [5.41, 5.74) is 7.31. The third kappa shape index (κ3) is 3.32. The van der Waals surface area contributed by atoms with E-state index in [-0.39, 0.29) is 5.82 Å². The third-order valence-electron chi connectivity index (χ3n) is 2.69. The Kier molecular flexibility index (Phi) is 4.30. The van der Waals surface area contributed by atoms with Crippen LogP contribution in [0.15, 0.2) is 36.4 Å². The average molecular weight is 276 g/mol. The van der Waals surface area contributed by atoms with Gasteiger partial charge in [-0.1, -0.05) is 0 Å². The minimum absolute atomic E-state index is 0.317. The van der Waals surface area contributed by atoms with Crippen LogP contribution in [0, 0.1) is 5.82 Å². The third-order valence-corrected chi connectivity index (χ3v) is 2.69. The summed E-state index contributed by atoms with van der Waals surface area (Å²) in [4.78, 5) is 0. The summed E-state index contributed by atoms with van der Waals surface area (Å²) in [6, 6.07) is 9.68. The zero-order valence-electron chi connectivity index (χ0n) is 11.4. The molecule has 0 saturated heterocycles. The molecule has 0 spiro atoms. The minimum Gasteiger partial charge on any atom is -0.497 e. The van der Waals surface area contributed by atoms with Gasteiger partial charge in [0.15, 0.2) is 0 Å². The first-order chi connectivity index (χ1) is 9.62. The van der Waals surface area contributed by atoms with Crippen LogP contribution in [0.1, 0.15) is 6.92 Å². The summed E-state index contributed by atoms with van der Waals surface area (Å²) in [5, 5.41) is 2.97. The van der Waals surface area contributed by atoms with Crippen LogP contribution in [0.4, 0.5) is 21.5 Å². The van der Waals surface area contributed by atoms with Crippen molar-refractivity contribution in [3.63, 3.8) is 0 Å². The van der Waals surface area contributed by atoms with Gasteiger partial charge in [0.25, 0.3) is 0 Å². The van der Waals surface area contributed by atoms with Gasteiger partial charge in [-0.15, -0.1) is 0 Å². The number of halogens is 1. The molecule has 0 saturated carbocycles. The van der Waals surface area contributed by atoms with E-state index in [1.165, 1.54) is 13.2 Å². The smallest absolute Gasteiger partial charge is 0.146 e. The summed E-state index contributed by atoms with van der Waals surface area (Å²) in [5.74, 6) is 0.840. The van der Waals surface area contributed by atoms with Gasteiger partial charge in [0.1, 0.15) is 17.3 Å². The number of rotatable bonds is 5. The van der Waals surface area contributed by atoms with Crippen LogP contribution < -0.4 is 20.5 Å². The SMILES string of the molecule is CCOc1cc(N)cc(Nc2cc(OC)ccc2F)c1. The van der Waals surface area contributed by atoms with E-state index < -0.39 is 0 Å². The topological polar surface area (TPSA) is 56.5 Å². The fourth-order valence-corrected chi connectivity index (χ4v) is 1.83. The zero-order valence-corrected chi connectivity index (χ0v) is 11.4. The summed E-state index contributed by atoms with van der Waals surface area (Å²) in [6.45, 7) is 2.43. The van der Waals surface area contributed by atoms with Crippen LogP contribution in [0.2, 0.25) is 0 Å². The van der Waals surface area contributed by atoms with Gasteiger partial charge in [-0.2, -0.15) is 0 Å². The van der Waals surface area contributed by atoms with Crippen LogP contribution in [-0.2, 0) is 0 Å². The number of methoxy groups -OCH3 is 1. The van der Waals surface area contributed by atoms with Crippen molar-refractivity contribution in [3.05, 3.63) is 42.2 Å². The molecule has 2 aromatic rings. The number of hydrogen-bond donors (Lipinski definition) is 2. The highest BCUT2D eigenvalue weighted by molar-refractivity contribution is 5.67. The number of nitrogen functional groups attached to an aromatic ring is 1. The van der Waals surface area contributed by atoms with Crippen molar-refractivity contribution >= 4 is 17.1 Å². The van der Waals surface area contributed by atoms with Gasteiger partial charge in [-0.3, -0.25) is 0 Å². The molecule has 20 heavy (non-hydrogen) atoms. The molecule has 0 aliphatic carbocycles. The zero-order chi connectivity index (χ0) is 14.5. The summed E-state index contributed by atoms with van der Waals surface area (Å²) < 4.78 is 24.2. The minimum atomic E-state index is -0.369. The molecule has 2 rings (SSSR count). The van der Waals surface area contributed by atoms with Crippen molar-refractivity contribution in [1.82, 2.24) is 0 Å². The second-order valence-corrected chi connectivity index (χ2v) is 4.19. The lowest BCUT2D eigenvalue weighted by molar-refractivity contribution is 0.340. The molecule has 0 aromatic heterocycles. The molecule has 0 aliphatic heterocycles. The molecule has 0 aliphatic rings. The Balaban J connectivity index is 2.29. The Morgan fingerprint density at radius 3 is 2.65 bits per heavy atom. The Labute approximate surface area is 117 Å². The maximum absolute atomic E-state index is 13.8. The van der Waals surface area contributed by atoms with E-state index in [0.29, 0.717) is 35.2 Å². The fraction of sp³-hybridized carbons (Fsp3) is 0.200. The quantitative estimate of drug-likeness (QED) is 0.820. The molecule has 0 unspecified atom stereocenters. The molecule has 0 atom stereocenters. The van der Waals surface area contributed by atoms with Gasteiger partial charge in [0.05, 0.1) is 19.4 Å². The van der Waals surface area contributed by atoms with Crippen molar-refractivity contribution in [2.45, 2.75) is 6.92 Å². The Morgan fingerprint density at radius 1 is 1.15 bits per heavy atom. The van der Waals surface area contributed by atoms with E-state index in [1.54, 1.807) is 30.3 Å². The number of nitrogens with two attached hydrogens (primary N) is 1. The first kappa shape index (κ1) is 14.0. The van der Waals surface area contributed by atoms with Crippen molar-refractivity contribution in [2.75, 3.05) is 24.8 Å². The summed E-state index contributed by atoms with van der Waals surface area (Å²) >= 11 is 0. The van der Waals surface area contributed by atoms with Gasteiger partial charge in [0, 0.05) is 29.6 Å². The van der Waals surface area contributed by atoms with Crippen molar-refractivity contribution in [3.8, 4) is 11.5 Å². The molecule has 0 heterocycles. The largest absolute Gasteiger partial charge is 0.497 e. The molecule has 2 aromatic carbocycles. The molecule has 4 nitrogen and oxygen atoms in total. The van der Waals surface area contributed by atoms with Gasteiger partial charge >= 0.3 is 0 Å². The number of ether oxygens (including phenoxy) is 2. The number of hydrogen-bond acceptors (Lipinski definition) is 4. The van der Waals surface area contributed by atoms with Gasteiger partial charge < -0.3 is 20.5 Å². The maximum Gasteiger partial charge on any atom is 0.146 e. The molecule has 3 N–H and O–H groups in total. The normalized spacial score (nSPS) is 10.2. The van der Waals surface area contributed by atoms with E-state index in [0.717, 1.165) is 0 Å². The van der Waals surface area contributed by atoms with Gasteiger partial charge in [0.2, 0.25) is 0 Å². The van der Waals surface area contributed by atoms with Crippen molar-refractivity contribution in [2.24, 2.45) is 0 Å². The number of nitrogens with one attached hydrogen (secondary N) is 1. The molecule has 106 valence electrons. The number of anilines is 3. The van der Waals surface area contributed by atoms with E-state index >= 15 is 0 Å². The van der Waals surface area contributed by atoms with Crippen LogP contribution >= 0.6 is 0 Å². The molecular formula is C15H17FN2O2. The van der Waals surface area contributed by atoms with Crippen molar-refractivity contribution in [1.29, 1.82) is 0 Å². The summed E-state index contributed by atoms with van der Waals surface area (Å²) in [6.07, 6.45) is 0. The Morgan fingerprint density at radius 2 is 1.95 bits per heavy atom. The van der Waals surface area contributed by atoms with E-state index in [4.69, 9.17) is 15.2 Å². The Bertz CT molecular complexity index is 602. The van der Waals surface area contributed by atoms with Crippen molar-refractivity contribution < 1.29 is 13.9 Å². The van der Waals surface area contributed by atoms with Crippen LogP contribution in [-0.4, -0.2) is 13.7 Å². The van der Waals surface area contributed by atoms with Crippen LogP contribution in [0.5, 0.6) is 11.5 Å².